The van der Waals surface area contributed by atoms with E-state index in [0.717, 1.165) is 33.2 Å². The molecule has 0 N–H and O–H groups in total. The van der Waals surface area contributed by atoms with Crippen LogP contribution < -0.4 is 4.74 Å². The fourth-order valence-electron chi connectivity index (χ4n) is 3.61. The predicted octanol–water partition coefficient (Wildman–Crippen LogP) is 5.47. The molecule has 2 aromatic rings. The Morgan fingerprint density at radius 1 is 1.09 bits per heavy atom. The monoisotopic (exact) mass is 537 g/mol. The number of benzene rings is 2. The molecule has 0 aliphatic carbocycles. The van der Waals surface area contributed by atoms with Crippen molar-refractivity contribution < 1.29 is 4.74 Å². The average molecular weight is 538 g/mol. The molecule has 0 spiro atoms. The highest BCUT2D eigenvalue weighted by Crippen LogP contribution is 2.51. The van der Waals surface area contributed by atoms with E-state index in [1.54, 1.807) is 0 Å². The summed E-state index contributed by atoms with van der Waals surface area (Å²) in [4.78, 5) is 2.40. The van der Waals surface area contributed by atoms with Crippen molar-refractivity contribution in [1.82, 2.24) is 4.90 Å². The van der Waals surface area contributed by atoms with E-state index in [-0.39, 0.29) is 0 Å². The number of likely N-dealkylation sites (tertiary alicyclic amines) is 1. The van der Waals surface area contributed by atoms with Gasteiger partial charge in [-0.3, -0.25) is 0 Å². The third-order valence-corrected chi connectivity index (χ3v) is 6.21. The lowest BCUT2D eigenvalue weighted by Gasteiger charge is -2.18. The van der Waals surface area contributed by atoms with Crippen molar-refractivity contribution in [3.8, 4) is 11.5 Å². The van der Waals surface area contributed by atoms with Crippen LogP contribution in [-0.4, -0.2) is 25.0 Å². The SMILES string of the molecule is CN1C[C@H]2c3cc(I)ccc3Oc3c(I)cc(Cl)cc3[C@@H]2C1. The number of rotatable bonds is 0. The minimum Gasteiger partial charge on any atom is -0.456 e. The molecule has 0 amide bonds. The van der Waals surface area contributed by atoms with Gasteiger partial charge in [0.25, 0.3) is 0 Å². The van der Waals surface area contributed by atoms with Gasteiger partial charge in [-0.05, 0) is 82.6 Å². The van der Waals surface area contributed by atoms with Gasteiger partial charge in [0.15, 0.2) is 0 Å². The van der Waals surface area contributed by atoms with E-state index in [0.29, 0.717) is 11.8 Å². The summed E-state index contributed by atoms with van der Waals surface area (Å²) in [6, 6.07) is 10.6. The fraction of sp³-hybridized carbons (Fsp3) is 0.294. The van der Waals surface area contributed by atoms with Crippen molar-refractivity contribution >= 4 is 56.8 Å². The summed E-state index contributed by atoms with van der Waals surface area (Å²) in [5.74, 6) is 2.87. The second-order valence-electron chi connectivity index (χ2n) is 6.02. The molecule has 0 radical (unpaired) electrons. The Morgan fingerprint density at radius 2 is 1.82 bits per heavy atom. The van der Waals surface area contributed by atoms with E-state index in [2.05, 4.69) is 81.4 Å². The zero-order valence-electron chi connectivity index (χ0n) is 11.9. The van der Waals surface area contributed by atoms with Crippen molar-refractivity contribution in [3.63, 3.8) is 0 Å². The molecular formula is C17H14ClI2NO. The second-order valence-corrected chi connectivity index (χ2v) is 8.87. The molecule has 2 aromatic carbocycles. The van der Waals surface area contributed by atoms with Crippen molar-refractivity contribution in [2.24, 2.45) is 0 Å². The number of halogens is 3. The van der Waals surface area contributed by atoms with Crippen LogP contribution in [0.15, 0.2) is 30.3 Å². The van der Waals surface area contributed by atoms with Crippen LogP contribution in [0.2, 0.25) is 5.02 Å². The quantitative estimate of drug-likeness (QED) is 0.414. The molecule has 0 unspecified atom stereocenters. The van der Waals surface area contributed by atoms with E-state index in [1.807, 2.05) is 6.07 Å². The number of ether oxygens (including phenoxy) is 1. The normalized spacial score (nSPS) is 23.3. The molecule has 114 valence electrons. The van der Waals surface area contributed by atoms with Crippen LogP contribution in [0.3, 0.4) is 0 Å². The van der Waals surface area contributed by atoms with Crippen LogP contribution in [-0.2, 0) is 0 Å². The molecule has 2 heterocycles. The zero-order chi connectivity index (χ0) is 15.4. The molecule has 1 saturated heterocycles. The fourth-order valence-corrected chi connectivity index (χ4v) is 5.29. The minimum atomic E-state index is 0.437. The van der Waals surface area contributed by atoms with Gasteiger partial charge in [-0.15, -0.1) is 0 Å². The van der Waals surface area contributed by atoms with Crippen LogP contribution in [0.1, 0.15) is 23.0 Å². The lowest BCUT2D eigenvalue weighted by Crippen LogP contribution is -2.14. The largest absolute Gasteiger partial charge is 0.456 e. The Kier molecular flexibility index (Phi) is 4.07. The van der Waals surface area contributed by atoms with Crippen LogP contribution in [0.5, 0.6) is 11.5 Å². The second kappa shape index (κ2) is 5.79. The smallest absolute Gasteiger partial charge is 0.144 e. The first kappa shape index (κ1) is 15.5. The predicted molar refractivity (Wildman–Crippen MR) is 106 cm³/mol. The summed E-state index contributed by atoms with van der Waals surface area (Å²) in [5.41, 5.74) is 2.57. The molecule has 2 nitrogen and oxygen atoms in total. The molecule has 4 rings (SSSR count). The maximum absolute atomic E-state index is 6.33. The van der Waals surface area contributed by atoms with Gasteiger partial charge in [0.1, 0.15) is 11.5 Å². The van der Waals surface area contributed by atoms with Crippen LogP contribution >= 0.6 is 56.8 Å². The van der Waals surface area contributed by atoms with Gasteiger partial charge in [0.2, 0.25) is 0 Å². The molecule has 2 aliphatic rings. The Morgan fingerprint density at radius 3 is 2.59 bits per heavy atom. The van der Waals surface area contributed by atoms with Gasteiger partial charge in [0, 0.05) is 44.6 Å². The summed E-state index contributed by atoms with van der Waals surface area (Å²) in [6.07, 6.45) is 0. The summed E-state index contributed by atoms with van der Waals surface area (Å²) >= 11 is 11.0. The molecule has 0 bridgehead atoms. The molecule has 2 atom stereocenters. The van der Waals surface area contributed by atoms with Crippen molar-refractivity contribution in [2.75, 3.05) is 20.1 Å². The maximum Gasteiger partial charge on any atom is 0.144 e. The first-order chi connectivity index (χ1) is 10.5. The summed E-state index contributed by atoms with van der Waals surface area (Å²) < 4.78 is 8.67. The third-order valence-electron chi connectivity index (χ3n) is 4.52. The van der Waals surface area contributed by atoms with Crippen LogP contribution in [0, 0.1) is 7.14 Å². The lowest BCUT2D eigenvalue weighted by molar-refractivity contribution is 0.401. The van der Waals surface area contributed by atoms with Crippen molar-refractivity contribution in [3.05, 3.63) is 53.6 Å². The number of likely N-dealkylation sites (N-methyl/N-ethyl adjacent to an activating group) is 1. The van der Waals surface area contributed by atoms with Crippen molar-refractivity contribution in [1.29, 1.82) is 0 Å². The Hall–Kier alpha value is -0.0500. The molecule has 0 saturated carbocycles. The number of nitrogens with zero attached hydrogens (tertiary/aromatic N) is 1. The molecule has 22 heavy (non-hydrogen) atoms. The van der Waals surface area contributed by atoms with Gasteiger partial charge in [0.05, 0.1) is 3.57 Å². The maximum atomic E-state index is 6.33. The molecule has 2 aliphatic heterocycles. The average Bonchev–Trinajstić information content (AvgIpc) is 2.79. The minimum absolute atomic E-state index is 0.437. The first-order valence-electron chi connectivity index (χ1n) is 7.17. The van der Waals surface area contributed by atoms with E-state index in [1.165, 1.54) is 14.7 Å². The third kappa shape index (κ3) is 2.56. The summed E-state index contributed by atoms with van der Waals surface area (Å²) in [6.45, 7) is 2.10. The Bertz CT molecular complexity index is 765. The first-order valence-corrected chi connectivity index (χ1v) is 9.71. The van der Waals surface area contributed by atoms with E-state index in [4.69, 9.17) is 16.3 Å². The standard InChI is InChI=1S/C17H14ClI2NO/c1-21-7-13-11-6-10(19)2-3-16(11)22-17-12(14(13)8-21)4-9(18)5-15(17)20/h2-6,13-14H,7-8H2,1H3/t13-,14-/m0/s1. The Balaban J connectivity index is 1.97. The zero-order valence-corrected chi connectivity index (χ0v) is 17.0. The van der Waals surface area contributed by atoms with Crippen molar-refractivity contribution in [2.45, 2.75) is 11.8 Å². The number of fused-ring (bicyclic) bond motifs is 5. The van der Waals surface area contributed by atoms with Crippen LogP contribution in [0.25, 0.3) is 0 Å². The van der Waals surface area contributed by atoms with E-state index < -0.39 is 0 Å². The van der Waals surface area contributed by atoms with Gasteiger partial charge in [-0.1, -0.05) is 11.6 Å². The molecular weight excluding hydrogens is 523 g/mol. The van der Waals surface area contributed by atoms with E-state index in [9.17, 15) is 0 Å². The topological polar surface area (TPSA) is 12.5 Å². The molecule has 1 fully saturated rings. The molecule has 5 heteroatoms. The lowest BCUT2D eigenvalue weighted by atomic mass is 9.84. The summed E-state index contributed by atoms with van der Waals surface area (Å²) in [7, 11) is 2.19. The van der Waals surface area contributed by atoms with Gasteiger partial charge in [-0.2, -0.15) is 0 Å². The Labute approximate surface area is 162 Å². The van der Waals surface area contributed by atoms with Gasteiger partial charge < -0.3 is 9.64 Å². The highest BCUT2D eigenvalue weighted by Gasteiger charge is 2.39. The summed E-state index contributed by atoms with van der Waals surface area (Å²) in [5, 5.41) is 0.792. The van der Waals surface area contributed by atoms with E-state index >= 15 is 0 Å². The van der Waals surface area contributed by atoms with Crippen LogP contribution in [0.4, 0.5) is 0 Å². The highest BCUT2D eigenvalue weighted by molar-refractivity contribution is 14.1. The number of hydrogen-bond acceptors (Lipinski definition) is 2. The van der Waals surface area contributed by atoms with Gasteiger partial charge >= 0.3 is 0 Å². The molecule has 0 aromatic heterocycles. The van der Waals surface area contributed by atoms with Gasteiger partial charge in [-0.25, -0.2) is 0 Å². The number of hydrogen-bond donors (Lipinski definition) is 0. The highest BCUT2D eigenvalue weighted by atomic mass is 127.